The van der Waals surface area contributed by atoms with Gasteiger partial charge in [0.15, 0.2) is 0 Å². The van der Waals surface area contributed by atoms with Crippen molar-refractivity contribution in [2.24, 2.45) is 5.73 Å². The van der Waals surface area contributed by atoms with Crippen molar-refractivity contribution >= 4 is 42.7 Å². The third-order valence-corrected chi connectivity index (χ3v) is 3.62. The number of nitrogens with two attached hydrogens (primary N) is 1. The van der Waals surface area contributed by atoms with E-state index in [2.05, 4.69) is 4.90 Å². The maximum Gasteiger partial charge on any atom is 0.335 e. The van der Waals surface area contributed by atoms with Gasteiger partial charge in [0, 0.05) is 0 Å². The third kappa shape index (κ3) is 8.72. The average molecular weight is 395 g/mol. The highest BCUT2D eigenvalue weighted by atomic mass is 35.5. The van der Waals surface area contributed by atoms with Gasteiger partial charge in [-0.3, -0.25) is 9.69 Å². The van der Waals surface area contributed by atoms with Crippen LogP contribution in [0.5, 0.6) is 0 Å². The number of carboxylic acid groups (broad SMARTS) is 2. The van der Waals surface area contributed by atoms with Gasteiger partial charge in [0.2, 0.25) is 5.91 Å². The molecule has 9 heteroatoms. The summed E-state index contributed by atoms with van der Waals surface area (Å²) in [5.41, 5.74) is 5.38. The first-order valence-corrected chi connectivity index (χ1v) is 7.39. The van der Waals surface area contributed by atoms with Crippen LogP contribution in [-0.2, 0) is 4.79 Å². The van der Waals surface area contributed by atoms with Gasteiger partial charge in [-0.25, -0.2) is 9.59 Å². The normalized spacial score (nSPS) is 13.3. The number of carbonyl (C=O) groups excluding carboxylic acids is 1. The van der Waals surface area contributed by atoms with Crippen LogP contribution in [0.3, 0.4) is 0 Å². The molecule has 0 atom stereocenters. The number of piperidine rings is 1. The Bertz CT molecular complexity index is 558. The predicted molar refractivity (Wildman–Crippen MR) is 99.1 cm³/mol. The van der Waals surface area contributed by atoms with Gasteiger partial charge in [0.05, 0.1) is 17.7 Å². The Kier molecular flexibility index (Phi) is 12.7. The van der Waals surface area contributed by atoms with Crippen molar-refractivity contribution in [2.45, 2.75) is 26.2 Å². The zero-order valence-corrected chi connectivity index (χ0v) is 15.6. The standard InChI is InChI=1S/C9H8O4.C7H14N2O.2ClH/c1-5-6(8(10)11)3-2-4-7(5)9(12)13;8-7(10)6-9-4-2-1-3-5-9;;/h2-4H,1H3,(H,10,11)(H,12,13);1-6H2,(H2,8,10);2*1H. The van der Waals surface area contributed by atoms with E-state index < -0.39 is 11.9 Å². The number of hydrogen-bond donors (Lipinski definition) is 3. The van der Waals surface area contributed by atoms with E-state index in [-0.39, 0.29) is 47.4 Å². The number of carboxylic acids is 2. The Morgan fingerprint density at radius 3 is 1.80 bits per heavy atom. The van der Waals surface area contributed by atoms with Gasteiger partial charge in [-0.1, -0.05) is 12.5 Å². The van der Waals surface area contributed by atoms with E-state index >= 15 is 0 Å². The van der Waals surface area contributed by atoms with E-state index in [1.165, 1.54) is 44.4 Å². The molecule has 0 bridgehead atoms. The molecule has 1 saturated heterocycles. The summed E-state index contributed by atoms with van der Waals surface area (Å²) in [7, 11) is 0. The summed E-state index contributed by atoms with van der Waals surface area (Å²) in [4.78, 5) is 33.8. The van der Waals surface area contributed by atoms with Crippen LogP contribution in [0.1, 0.15) is 45.5 Å². The van der Waals surface area contributed by atoms with Crippen LogP contribution in [0.25, 0.3) is 0 Å². The van der Waals surface area contributed by atoms with Crippen LogP contribution >= 0.6 is 24.8 Å². The Hall–Kier alpha value is -1.83. The number of nitrogens with zero attached hydrogens (tertiary/aromatic N) is 1. The molecule has 1 aliphatic heterocycles. The Balaban J connectivity index is 0. The molecule has 0 radical (unpaired) electrons. The fourth-order valence-corrected chi connectivity index (χ4v) is 2.44. The SMILES string of the molecule is Cc1c(C(=O)O)cccc1C(=O)O.Cl.Cl.NC(=O)CN1CCCCC1. The summed E-state index contributed by atoms with van der Waals surface area (Å²) in [5, 5.41) is 17.4. The Morgan fingerprint density at radius 1 is 1.00 bits per heavy atom. The van der Waals surface area contributed by atoms with Gasteiger partial charge in [-0.2, -0.15) is 0 Å². The summed E-state index contributed by atoms with van der Waals surface area (Å²) in [6.45, 7) is 4.01. The van der Waals surface area contributed by atoms with Crippen molar-refractivity contribution in [3.05, 3.63) is 34.9 Å². The van der Waals surface area contributed by atoms with Crippen LogP contribution in [0.2, 0.25) is 0 Å². The maximum absolute atomic E-state index is 10.6. The van der Waals surface area contributed by atoms with E-state index in [0.29, 0.717) is 6.54 Å². The summed E-state index contributed by atoms with van der Waals surface area (Å²) in [6, 6.07) is 4.17. The molecule has 1 heterocycles. The van der Waals surface area contributed by atoms with E-state index in [9.17, 15) is 14.4 Å². The molecule has 1 aliphatic rings. The Morgan fingerprint density at radius 2 is 1.44 bits per heavy atom. The maximum atomic E-state index is 10.6. The number of amides is 1. The van der Waals surface area contributed by atoms with Crippen LogP contribution in [0.15, 0.2) is 18.2 Å². The lowest BCUT2D eigenvalue weighted by Crippen LogP contribution is -2.37. The fourth-order valence-electron chi connectivity index (χ4n) is 2.44. The highest BCUT2D eigenvalue weighted by Crippen LogP contribution is 2.13. The number of carbonyl (C=O) groups is 3. The van der Waals surface area contributed by atoms with Gasteiger partial charge in [-0.05, 0) is 50.6 Å². The lowest BCUT2D eigenvalue weighted by molar-refractivity contribution is -0.119. The number of hydrogen-bond acceptors (Lipinski definition) is 4. The summed E-state index contributed by atoms with van der Waals surface area (Å²) >= 11 is 0. The Labute approximate surface area is 159 Å². The first-order chi connectivity index (χ1) is 10.8. The quantitative estimate of drug-likeness (QED) is 0.719. The second-order valence-corrected chi connectivity index (χ2v) is 5.39. The zero-order chi connectivity index (χ0) is 17.4. The first kappa shape index (κ1) is 25.4. The molecule has 0 aromatic heterocycles. The molecular formula is C16H24Cl2N2O5. The number of rotatable bonds is 4. The number of likely N-dealkylation sites (tertiary alicyclic amines) is 1. The average Bonchev–Trinajstić information content (AvgIpc) is 2.48. The summed E-state index contributed by atoms with van der Waals surface area (Å²) in [6.07, 6.45) is 3.73. The molecular weight excluding hydrogens is 371 g/mol. The minimum absolute atomic E-state index is 0. The van der Waals surface area contributed by atoms with Crippen LogP contribution in [0, 0.1) is 6.92 Å². The smallest absolute Gasteiger partial charge is 0.335 e. The second kappa shape index (κ2) is 12.5. The van der Waals surface area contributed by atoms with Crippen LogP contribution < -0.4 is 5.73 Å². The van der Waals surface area contributed by atoms with Crippen molar-refractivity contribution in [1.82, 2.24) is 4.90 Å². The molecule has 0 saturated carbocycles. The minimum Gasteiger partial charge on any atom is -0.478 e. The summed E-state index contributed by atoms with van der Waals surface area (Å²) < 4.78 is 0. The topological polar surface area (TPSA) is 121 Å². The van der Waals surface area contributed by atoms with E-state index in [4.69, 9.17) is 15.9 Å². The number of benzene rings is 1. The van der Waals surface area contributed by atoms with E-state index in [1.54, 1.807) is 0 Å². The monoisotopic (exact) mass is 394 g/mol. The minimum atomic E-state index is -1.11. The molecule has 1 amide bonds. The highest BCUT2D eigenvalue weighted by molar-refractivity contribution is 5.96. The van der Waals surface area contributed by atoms with Crippen LogP contribution in [0.4, 0.5) is 0 Å². The number of primary amides is 1. The molecule has 0 aliphatic carbocycles. The van der Waals surface area contributed by atoms with E-state index in [0.717, 1.165) is 13.1 Å². The van der Waals surface area contributed by atoms with Crippen molar-refractivity contribution in [3.63, 3.8) is 0 Å². The molecule has 0 unspecified atom stereocenters. The molecule has 7 nitrogen and oxygen atoms in total. The van der Waals surface area contributed by atoms with Crippen molar-refractivity contribution in [1.29, 1.82) is 0 Å². The largest absolute Gasteiger partial charge is 0.478 e. The molecule has 1 aromatic carbocycles. The van der Waals surface area contributed by atoms with E-state index in [1.807, 2.05) is 0 Å². The van der Waals surface area contributed by atoms with Gasteiger partial charge >= 0.3 is 11.9 Å². The van der Waals surface area contributed by atoms with Crippen molar-refractivity contribution < 1.29 is 24.6 Å². The predicted octanol–water partition coefficient (Wildman–Crippen LogP) is 2.19. The highest BCUT2D eigenvalue weighted by Gasteiger charge is 2.13. The number of halogens is 2. The summed E-state index contributed by atoms with van der Waals surface area (Å²) in [5.74, 6) is -2.43. The first-order valence-electron chi connectivity index (χ1n) is 7.39. The van der Waals surface area contributed by atoms with Gasteiger partial charge < -0.3 is 15.9 Å². The van der Waals surface area contributed by atoms with Crippen molar-refractivity contribution in [2.75, 3.05) is 19.6 Å². The van der Waals surface area contributed by atoms with Crippen molar-refractivity contribution in [3.8, 4) is 0 Å². The number of aromatic carboxylic acids is 2. The zero-order valence-electron chi connectivity index (χ0n) is 13.9. The second-order valence-electron chi connectivity index (χ2n) is 5.39. The lowest BCUT2D eigenvalue weighted by atomic mass is 10.0. The molecule has 4 N–H and O–H groups in total. The molecule has 0 spiro atoms. The molecule has 1 fully saturated rings. The molecule has 1 aromatic rings. The van der Waals surface area contributed by atoms with Crippen LogP contribution in [-0.4, -0.2) is 52.6 Å². The van der Waals surface area contributed by atoms with Gasteiger partial charge in [-0.15, -0.1) is 24.8 Å². The molecule has 2 rings (SSSR count). The molecule has 142 valence electrons. The third-order valence-electron chi connectivity index (χ3n) is 3.62. The van der Waals surface area contributed by atoms with Gasteiger partial charge in [0.25, 0.3) is 0 Å². The lowest BCUT2D eigenvalue weighted by Gasteiger charge is -2.24. The fraction of sp³-hybridized carbons (Fsp3) is 0.438. The van der Waals surface area contributed by atoms with Gasteiger partial charge in [0.1, 0.15) is 0 Å². The molecule has 25 heavy (non-hydrogen) atoms.